The standard InChI is InChI=1S/C9H11BrO3/c1-9(2,10)8(11)13-6-7-4-3-5-12-7/h3-5H,6H2,1-2H3. The quantitative estimate of drug-likeness (QED) is 0.608. The molecule has 0 saturated carbocycles. The summed E-state index contributed by atoms with van der Waals surface area (Å²) in [5.41, 5.74) is 0. The minimum atomic E-state index is -0.639. The van der Waals surface area contributed by atoms with E-state index in [-0.39, 0.29) is 12.6 Å². The molecular formula is C9H11BrO3. The van der Waals surface area contributed by atoms with Crippen molar-refractivity contribution in [2.24, 2.45) is 0 Å². The van der Waals surface area contributed by atoms with Gasteiger partial charge in [0.2, 0.25) is 0 Å². The van der Waals surface area contributed by atoms with Crippen molar-refractivity contribution < 1.29 is 13.9 Å². The van der Waals surface area contributed by atoms with Crippen molar-refractivity contribution in [1.82, 2.24) is 0 Å². The van der Waals surface area contributed by atoms with E-state index in [2.05, 4.69) is 15.9 Å². The number of furan rings is 1. The van der Waals surface area contributed by atoms with Gasteiger partial charge in [-0.15, -0.1) is 0 Å². The number of ether oxygens (including phenoxy) is 1. The number of rotatable bonds is 3. The molecule has 0 aliphatic rings. The molecule has 3 nitrogen and oxygen atoms in total. The Kier molecular flexibility index (Phi) is 3.14. The molecule has 0 amide bonds. The maximum atomic E-state index is 11.2. The molecule has 1 aromatic heterocycles. The van der Waals surface area contributed by atoms with Crippen LogP contribution >= 0.6 is 15.9 Å². The normalized spacial score (nSPS) is 11.3. The van der Waals surface area contributed by atoms with Gasteiger partial charge in [-0.1, -0.05) is 15.9 Å². The summed E-state index contributed by atoms with van der Waals surface area (Å²) in [6, 6.07) is 3.51. The maximum Gasteiger partial charge on any atom is 0.322 e. The Morgan fingerprint density at radius 1 is 1.69 bits per heavy atom. The lowest BCUT2D eigenvalue weighted by atomic mass is 10.2. The Bertz CT molecular complexity index is 272. The van der Waals surface area contributed by atoms with E-state index in [1.807, 2.05) is 0 Å². The van der Waals surface area contributed by atoms with E-state index in [4.69, 9.17) is 9.15 Å². The van der Waals surface area contributed by atoms with Crippen LogP contribution in [0.3, 0.4) is 0 Å². The molecule has 0 unspecified atom stereocenters. The van der Waals surface area contributed by atoms with Gasteiger partial charge in [-0.3, -0.25) is 4.79 Å². The minimum Gasteiger partial charge on any atom is -0.466 e. The first kappa shape index (κ1) is 10.3. The summed E-state index contributed by atoms with van der Waals surface area (Å²) < 4.78 is 9.34. The first-order chi connectivity index (χ1) is 6.00. The van der Waals surface area contributed by atoms with E-state index in [9.17, 15) is 4.79 Å². The van der Waals surface area contributed by atoms with Crippen LogP contribution in [0.2, 0.25) is 0 Å². The lowest BCUT2D eigenvalue weighted by molar-refractivity contribution is -0.147. The number of halogens is 1. The topological polar surface area (TPSA) is 39.4 Å². The monoisotopic (exact) mass is 246 g/mol. The Morgan fingerprint density at radius 2 is 2.38 bits per heavy atom. The third-order valence-electron chi connectivity index (χ3n) is 1.41. The Hall–Kier alpha value is -0.770. The third kappa shape index (κ3) is 3.22. The highest BCUT2D eigenvalue weighted by Crippen LogP contribution is 2.18. The molecule has 0 aliphatic carbocycles. The predicted octanol–water partition coefficient (Wildman–Crippen LogP) is 2.50. The highest BCUT2D eigenvalue weighted by Gasteiger charge is 2.25. The number of carbonyl (C=O) groups excluding carboxylic acids is 1. The molecule has 0 spiro atoms. The second kappa shape index (κ2) is 3.96. The van der Waals surface area contributed by atoms with Crippen LogP contribution in [0.25, 0.3) is 0 Å². The smallest absolute Gasteiger partial charge is 0.322 e. The molecule has 1 rings (SSSR count). The van der Waals surface area contributed by atoms with Gasteiger partial charge >= 0.3 is 5.97 Å². The number of carbonyl (C=O) groups is 1. The molecule has 0 atom stereocenters. The fraction of sp³-hybridized carbons (Fsp3) is 0.444. The SMILES string of the molecule is CC(C)(Br)C(=O)OCc1ccco1. The van der Waals surface area contributed by atoms with Gasteiger partial charge in [0.1, 0.15) is 16.7 Å². The Labute approximate surface area is 85.2 Å². The zero-order valence-corrected chi connectivity index (χ0v) is 9.13. The van der Waals surface area contributed by atoms with Crippen molar-refractivity contribution in [3.05, 3.63) is 24.2 Å². The zero-order chi connectivity index (χ0) is 9.90. The fourth-order valence-electron chi connectivity index (χ4n) is 0.703. The molecule has 0 aromatic carbocycles. The van der Waals surface area contributed by atoms with Gasteiger partial charge in [-0.2, -0.15) is 0 Å². The number of hydrogen-bond acceptors (Lipinski definition) is 3. The molecule has 0 N–H and O–H groups in total. The summed E-state index contributed by atoms with van der Waals surface area (Å²) in [7, 11) is 0. The maximum absolute atomic E-state index is 11.2. The molecule has 0 fully saturated rings. The first-order valence-corrected chi connectivity index (χ1v) is 4.68. The van der Waals surface area contributed by atoms with Crippen LogP contribution < -0.4 is 0 Å². The summed E-state index contributed by atoms with van der Waals surface area (Å²) in [4.78, 5) is 11.2. The molecule has 1 aromatic rings. The van der Waals surface area contributed by atoms with Gasteiger partial charge in [0.15, 0.2) is 0 Å². The molecule has 72 valence electrons. The zero-order valence-electron chi connectivity index (χ0n) is 7.54. The highest BCUT2D eigenvalue weighted by molar-refractivity contribution is 9.10. The van der Waals surface area contributed by atoms with E-state index >= 15 is 0 Å². The van der Waals surface area contributed by atoms with Crippen molar-refractivity contribution >= 4 is 21.9 Å². The Morgan fingerprint density at radius 3 is 2.85 bits per heavy atom. The van der Waals surface area contributed by atoms with Gasteiger partial charge < -0.3 is 9.15 Å². The second-order valence-corrected chi connectivity index (χ2v) is 5.11. The lowest BCUT2D eigenvalue weighted by Crippen LogP contribution is -2.26. The van der Waals surface area contributed by atoms with E-state index in [1.54, 1.807) is 32.2 Å². The molecule has 4 heteroatoms. The van der Waals surface area contributed by atoms with Gasteiger partial charge in [-0.25, -0.2) is 0 Å². The fourth-order valence-corrected chi connectivity index (χ4v) is 0.817. The molecule has 13 heavy (non-hydrogen) atoms. The molecule has 0 aliphatic heterocycles. The van der Waals surface area contributed by atoms with Crippen molar-refractivity contribution in [2.45, 2.75) is 24.8 Å². The average molecular weight is 247 g/mol. The van der Waals surface area contributed by atoms with Crippen molar-refractivity contribution in [3.63, 3.8) is 0 Å². The molecule has 1 heterocycles. The second-order valence-electron chi connectivity index (χ2n) is 3.13. The number of hydrogen-bond donors (Lipinski definition) is 0. The van der Waals surface area contributed by atoms with Crippen LogP contribution in [0.5, 0.6) is 0 Å². The van der Waals surface area contributed by atoms with Crippen LogP contribution in [0.15, 0.2) is 22.8 Å². The van der Waals surface area contributed by atoms with Crippen LogP contribution in [-0.2, 0) is 16.1 Å². The summed E-state index contributed by atoms with van der Waals surface area (Å²) in [6.45, 7) is 3.65. The van der Waals surface area contributed by atoms with E-state index in [0.29, 0.717) is 5.76 Å². The van der Waals surface area contributed by atoms with Crippen LogP contribution in [-0.4, -0.2) is 10.3 Å². The lowest BCUT2D eigenvalue weighted by Gasteiger charge is -2.13. The summed E-state index contributed by atoms with van der Waals surface area (Å²) in [6.07, 6.45) is 1.54. The van der Waals surface area contributed by atoms with Gasteiger partial charge in [0.05, 0.1) is 6.26 Å². The average Bonchev–Trinajstić information content (AvgIpc) is 2.50. The summed E-state index contributed by atoms with van der Waals surface area (Å²) >= 11 is 3.20. The molecule has 0 saturated heterocycles. The minimum absolute atomic E-state index is 0.181. The van der Waals surface area contributed by atoms with Gasteiger partial charge in [-0.05, 0) is 26.0 Å². The number of alkyl halides is 1. The predicted molar refractivity (Wildman–Crippen MR) is 51.5 cm³/mol. The van der Waals surface area contributed by atoms with Crippen LogP contribution in [0, 0.1) is 0 Å². The number of esters is 1. The Balaban J connectivity index is 2.40. The van der Waals surface area contributed by atoms with Crippen LogP contribution in [0.4, 0.5) is 0 Å². The van der Waals surface area contributed by atoms with E-state index in [0.717, 1.165) is 0 Å². The molecule has 0 radical (unpaired) electrons. The van der Waals surface area contributed by atoms with Gasteiger partial charge in [0, 0.05) is 0 Å². The van der Waals surface area contributed by atoms with Gasteiger partial charge in [0.25, 0.3) is 0 Å². The van der Waals surface area contributed by atoms with Crippen molar-refractivity contribution in [2.75, 3.05) is 0 Å². The highest BCUT2D eigenvalue weighted by atomic mass is 79.9. The molecular weight excluding hydrogens is 236 g/mol. The third-order valence-corrected chi connectivity index (χ3v) is 1.73. The molecule has 0 bridgehead atoms. The van der Waals surface area contributed by atoms with Crippen molar-refractivity contribution in [3.8, 4) is 0 Å². The largest absolute Gasteiger partial charge is 0.466 e. The van der Waals surface area contributed by atoms with E-state index in [1.165, 1.54) is 0 Å². The van der Waals surface area contributed by atoms with Crippen LogP contribution in [0.1, 0.15) is 19.6 Å². The first-order valence-electron chi connectivity index (χ1n) is 3.88. The van der Waals surface area contributed by atoms with Crippen molar-refractivity contribution in [1.29, 1.82) is 0 Å². The summed E-state index contributed by atoms with van der Waals surface area (Å²) in [5.74, 6) is 0.342. The van der Waals surface area contributed by atoms with E-state index < -0.39 is 4.32 Å². The summed E-state index contributed by atoms with van der Waals surface area (Å²) in [5, 5.41) is 0.